The summed E-state index contributed by atoms with van der Waals surface area (Å²) in [5.74, 6) is 0.218. The van der Waals surface area contributed by atoms with Crippen LogP contribution in [0, 0.1) is 5.82 Å². The Kier molecular flexibility index (Phi) is 3.51. The van der Waals surface area contributed by atoms with E-state index in [1.807, 2.05) is 6.07 Å². The Hall–Kier alpha value is -1.42. The molecule has 0 atom stereocenters. The molecule has 2 rings (SSSR count). The molecule has 0 spiro atoms. The van der Waals surface area contributed by atoms with E-state index in [-0.39, 0.29) is 5.82 Å². The SMILES string of the molecule is Fc1cccc(OCc2ccncc2Br)c1. The number of rotatable bonds is 3. The van der Waals surface area contributed by atoms with Crippen LogP contribution in [-0.4, -0.2) is 4.98 Å². The molecule has 2 nitrogen and oxygen atoms in total. The fourth-order valence-corrected chi connectivity index (χ4v) is 1.60. The number of halogens is 2. The van der Waals surface area contributed by atoms with Gasteiger partial charge in [0.05, 0.1) is 0 Å². The summed E-state index contributed by atoms with van der Waals surface area (Å²) >= 11 is 3.37. The third-order valence-electron chi connectivity index (χ3n) is 2.05. The molecule has 0 aliphatic rings. The van der Waals surface area contributed by atoms with E-state index in [9.17, 15) is 4.39 Å². The maximum atomic E-state index is 12.9. The zero-order valence-corrected chi connectivity index (χ0v) is 9.95. The Morgan fingerprint density at radius 1 is 1.31 bits per heavy atom. The predicted molar refractivity (Wildman–Crippen MR) is 62.7 cm³/mol. The van der Waals surface area contributed by atoms with Gasteiger partial charge in [0.1, 0.15) is 18.2 Å². The van der Waals surface area contributed by atoms with Gasteiger partial charge in [0.15, 0.2) is 0 Å². The summed E-state index contributed by atoms with van der Waals surface area (Å²) in [6.45, 7) is 0.382. The van der Waals surface area contributed by atoms with Gasteiger partial charge in [-0.15, -0.1) is 0 Å². The van der Waals surface area contributed by atoms with Crippen LogP contribution in [0.3, 0.4) is 0 Å². The summed E-state index contributed by atoms with van der Waals surface area (Å²) in [6.07, 6.45) is 3.39. The molecule has 0 aliphatic carbocycles. The Bertz CT molecular complexity index is 490. The number of pyridine rings is 1. The Morgan fingerprint density at radius 2 is 2.19 bits per heavy atom. The molecule has 0 N–H and O–H groups in total. The lowest BCUT2D eigenvalue weighted by molar-refractivity contribution is 0.303. The first-order valence-electron chi connectivity index (χ1n) is 4.72. The van der Waals surface area contributed by atoms with E-state index in [1.165, 1.54) is 12.1 Å². The van der Waals surface area contributed by atoms with Gasteiger partial charge in [-0.3, -0.25) is 4.98 Å². The quantitative estimate of drug-likeness (QED) is 0.858. The molecule has 16 heavy (non-hydrogen) atoms. The highest BCUT2D eigenvalue weighted by molar-refractivity contribution is 9.10. The van der Waals surface area contributed by atoms with Crippen LogP contribution in [0.4, 0.5) is 4.39 Å². The van der Waals surface area contributed by atoms with Crippen LogP contribution in [0.25, 0.3) is 0 Å². The second-order valence-corrected chi connectivity index (χ2v) is 4.07. The predicted octanol–water partition coefficient (Wildman–Crippen LogP) is 3.56. The fourth-order valence-electron chi connectivity index (χ4n) is 1.24. The lowest BCUT2D eigenvalue weighted by Gasteiger charge is -2.07. The van der Waals surface area contributed by atoms with Gasteiger partial charge in [-0.1, -0.05) is 6.07 Å². The van der Waals surface area contributed by atoms with Crippen LogP contribution in [0.1, 0.15) is 5.56 Å². The maximum absolute atomic E-state index is 12.9. The third kappa shape index (κ3) is 2.79. The minimum absolute atomic E-state index is 0.300. The van der Waals surface area contributed by atoms with E-state index in [0.717, 1.165) is 10.0 Å². The van der Waals surface area contributed by atoms with Crippen LogP contribution in [0.15, 0.2) is 47.2 Å². The zero-order chi connectivity index (χ0) is 11.4. The number of benzene rings is 1. The van der Waals surface area contributed by atoms with Crippen LogP contribution >= 0.6 is 15.9 Å². The van der Waals surface area contributed by atoms with Crippen molar-refractivity contribution in [2.45, 2.75) is 6.61 Å². The van der Waals surface area contributed by atoms with E-state index in [4.69, 9.17) is 4.74 Å². The Labute approximate surface area is 101 Å². The van der Waals surface area contributed by atoms with Crippen LogP contribution < -0.4 is 4.74 Å². The number of hydrogen-bond donors (Lipinski definition) is 0. The third-order valence-corrected chi connectivity index (χ3v) is 2.76. The number of nitrogens with zero attached hydrogens (tertiary/aromatic N) is 1. The Balaban J connectivity index is 2.05. The highest BCUT2D eigenvalue weighted by atomic mass is 79.9. The average molecular weight is 282 g/mol. The normalized spacial score (nSPS) is 10.1. The molecule has 0 fully saturated rings. The maximum Gasteiger partial charge on any atom is 0.126 e. The molecule has 0 saturated heterocycles. The lowest BCUT2D eigenvalue weighted by Crippen LogP contribution is -1.96. The van der Waals surface area contributed by atoms with Gasteiger partial charge in [0.2, 0.25) is 0 Å². The molecule has 0 bridgehead atoms. The van der Waals surface area contributed by atoms with Crippen molar-refractivity contribution >= 4 is 15.9 Å². The average Bonchev–Trinajstić information content (AvgIpc) is 2.28. The summed E-state index contributed by atoms with van der Waals surface area (Å²) in [5, 5.41) is 0. The molecule has 2 aromatic rings. The first-order valence-corrected chi connectivity index (χ1v) is 5.52. The minimum Gasteiger partial charge on any atom is -0.489 e. The molecule has 1 heterocycles. The Morgan fingerprint density at radius 3 is 2.94 bits per heavy atom. The first-order chi connectivity index (χ1) is 7.75. The second-order valence-electron chi connectivity index (χ2n) is 3.21. The highest BCUT2D eigenvalue weighted by Crippen LogP contribution is 2.18. The van der Waals surface area contributed by atoms with Gasteiger partial charge in [0, 0.05) is 28.5 Å². The van der Waals surface area contributed by atoms with Gasteiger partial charge in [-0.2, -0.15) is 0 Å². The van der Waals surface area contributed by atoms with Crippen LogP contribution in [-0.2, 0) is 6.61 Å². The molecular weight excluding hydrogens is 273 g/mol. The van der Waals surface area contributed by atoms with Gasteiger partial charge in [-0.25, -0.2) is 4.39 Å². The highest BCUT2D eigenvalue weighted by Gasteiger charge is 2.01. The van der Waals surface area contributed by atoms with Crippen molar-refractivity contribution in [1.29, 1.82) is 0 Å². The molecule has 0 unspecified atom stereocenters. The summed E-state index contributed by atoms with van der Waals surface area (Å²) in [7, 11) is 0. The molecule has 1 aromatic heterocycles. The van der Waals surface area contributed by atoms with Crippen molar-refractivity contribution in [3.05, 3.63) is 58.6 Å². The monoisotopic (exact) mass is 281 g/mol. The van der Waals surface area contributed by atoms with Crippen LogP contribution in [0.2, 0.25) is 0 Å². The van der Waals surface area contributed by atoms with E-state index in [1.54, 1.807) is 24.5 Å². The van der Waals surface area contributed by atoms with E-state index in [2.05, 4.69) is 20.9 Å². The van der Waals surface area contributed by atoms with E-state index >= 15 is 0 Å². The lowest BCUT2D eigenvalue weighted by atomic mass is 10.3. The van der Waals surface area contributed by atoms with Crippen molar-refractivity contribution < 1.29 is 9.13 Å². The summed E-state index contributed by atoms with van der Waals surface area (Å²) in [5.41, 5.74) is 0.972. The minimum atomic E-state index is -0.300. The van der Waals surface area contributed by atoms with Crippen molar-refractivity contribution in [2.24, 2.45) is 0 Å². The number of hydrogen-bond acceptors (Lipinski definition) is 2. The van der Waals surface area contributed by atoms with E-state index in [0.29, 0.717) is 12.4 Å². The topological polar surface area (TPSA) is 22.1 Å². The standard InChI is InChI=1S/C12H9BrFNO/c13-12-7-15-5-4-9(12)8-16-11-3-1-2-10(14)6-11/h1-7H,8H2. The molecule has 4 heteroatoms. The smallest absolute Gasteiger partial charge is 0.126 e. The van der Waals surface area contributed by atoms with Crippen molar-refractivity contribution in [3.8, 4) is 5.75 Å². The largest absolute Gasteiger partial charge is 0.489 e. The van der Waals surface area contributed by atoms with Crippen LogP contribution in [0.5, 0.6) is 5.75 Å². The van der Waals surface area contributed by atoms with Crippen molar-refractivity contribution in [1.82, 2.24) is 4.98 Å². The molecule has 82 valence electrons. The molecule has 0 saturated carbocycles. The van der Waals surface area contributed by atoms with Gasteiger partial charge in [0.25, 0.3) is 0 Å². The van der Waals surface area contributed by atoms with E-state index < -0.39 is 0 Å². The van der Waals surface area contributed by atoms with Gasteiger partial charge in [-0.05, 0) is 34.1 Å². The molecule has 1 aromatic carbocycles. The van der Waals surface area contributed by atoms with Crippen molar-refractivity contribution in [2.75, 3.05) is 0 Å². The van der Waals surface area contributed by atoms with Crippen molar-refractivity contribution in [3.63, 3.8) is 0 Å². The molecule has 0 radical (unpaired) electrons. The number of aromatic nitrogens is 1. The van der Waals surface area contributed by atoms with Gasteiger partial charge < -0.3 is 4.74 Å². The molecule has 0 amide bonds. The molecule has 0 aliphatic heterocycles. The molecular formula is C12H9BrFNO. The number of ether oxygens (including phenoxy) is 1. The second kappa shape index (κ2) is 5.07. The summed E-state index contributed by atoms with van der Waals surface area (Å²) < 4.78 is 19.2. The first kappa shape index (κ1) is 11.1. The fraction of sp³-hybridized carbons (Fsp3) is 0.0833. The summed E-state index contributed by atoms with van der Waals surface area (Å²) in [4.78, 5) is 3.95. The van der Waals surface area contributed by atoms with Gasteiger partial charge >= 0.3 is 0 Å². The zero-order valence-electron chi connectivity index (χ0n) is 8.36. The summed E-state index contributed by atoms with van der Waals surface area (Å²) in [6, 6.07) is 7.93.